The predicted octanol–water partition coefficient (Wildman–Crippen LogP) is 1.97. The van der Waals surface area contributed by atoms with Gasteiger partial charge in [-0.05, 0) is 12.2 Å². The van der Waals surface area contributed by atoms with Gasteiger partial charge in [-0.15, -0.1) is 12.3 Å². The Kier molecular flexibility index (Phi) is 6.83. The van der Waals surface area contributed by atoms with Crippen LogP contribution in [-0.4, -0.2) is 11.5 Å². The summed E-state index contributed by atoms with van der Waals surface area (Å²) >= 11 is 1.87. The summed E-state index contributed by atoms with van der Waals surface area (Å²) in [6, 6.07) is 0. The monoisotopic (exact) mass is 127 g/mol. The van der Waals surface area contributed by atoms with Crippen molar-refractivity contribution in [2.24, 2.45) is 0 Å². The van der Waals surface area contributed by atoms with E-state index in [-0.39, 0.29) is 0 Å². The minimum Gasteiger partial charge on any atom is -0.161 e. The molecule has 0 fully saturated rings. The maximum atomic E-state index is 5.03. The lowest BCUT2D eigenvalue weighted by Gasteiger charge is -1.91. The van der Waals surface area contributed by atoms with Gasteiger partial charge in [-0.25, -0.2) is 0 Å². The van der Waals surface area contributed by atoms with Gasteiger partial charge in [0, 0.05) is 12.2 Å². The van der Waals surface area contributed by atoms with Crippen LogP contribution >= 0.6 is 11.8 Å². The van der Waals surface area contributed by atoms with Crippen molar-refractivity contribution in [1.29, 1.82) is 0 Å². The summed E-state index contributed by atoms with van der Waals surface area (Å²) in [5.41, 5.74) is 0. The SMILES string of the molecule is C#CCCSCC[CH2]. The molecule has 0 atom stereocenters. The average Bonchev–Trinajstić information content (AvgIpc) is 1.81. The van der Waals surface area contributed by atoms with Gasteiger partial charge in [-0.1, -0.05) is 6.92 Å². The van der Waals surface area contributed by atoms with Crippen molar-refractivity contribution in [2.75, 3.05) is 11.5 Å². The lowest BCUT2D eigenvalue weighted by molar-refractivity contribution is 1.22. The minimum atomic E-state index is 0.894. The maximum absolute atomic E-state index is 5.03. The summed E-state index contributed by atoms with van der Waals surface area (Å²) < 4.78 is 0. The van der Waals surface area contributed by atoms with Crippen molar-refractivity contribution in [2.45, 2.75) is 12.8 Å². The molecule has 0 aliphatic rings. The molecule has 0 N–H and O–H groups in total. The van der Waals surface area contributed by atoms with Crippen molar-refractivity contribution >= 4 is 11.8 Å². The highest BCUT2D eigenvalue weighted by atomic mass is 32.2. The first-order chi connectivity index (χ1) is 3.91. The third-order valence-electron chi connectivity index (χ3n) is 0.679. The first kappa shape index (κ1) is 7.91. The summed E-state index contributed by atoms with van der Waals surface area (Å²) in [5, 5.41) is 0. The Bertz CT molecular complexity index is 70.9. The largest absolute Gasteiger partial charge is 0.161 e. The Balaban J connectivity index is 2.65. The van der Waals surface area contributed by atoms with E-state index in [1.54, 1.807) is 0 Å². The average molecular weight is 127 g/mol. The van der Waals surface area contributed by atoms with Gasteiger partial charge < -0.3 is 0 Å². The van der Waals surface area contributed by atoms with Crippen LogP contribution in [0.25, 0.3) is 0 Å². The minimum absolute atomic E-state index is 0.894. The Morgan fingerprint density at radius 3 is 2.75 bits per heavy atom. The molecule has 0 unspecified atom stereocenters. The molecular weight excluding hydrogens is 116 g/mol. The second kappa shape index (κ2) is 6.91. The topological polar surface area (TPSA) is 0 Å². The normalized spacial score (nSPS) is 8.50. The van der Waals surface area contributed by atoms with Crippen LogP contribution in [0.2, 0.25) is 0 Å². The van der Waals surface area contributed by atoms with E-state index >= 15 is 0 Å². The molecule has 0 heterocycles. The quantitative estimate of drug-likeness (QED) is 0.411. The molecular formula is C7H11S. The van der Waals surface area contributed by atoms with Gasteiger partial charge in [0.25, 0.3) is 0 Å². The predicted molar refractivity (Wildman–Crippen MR) is 40.7 cm³/mol. The molecule has 45 valence electrons. The molecule has 8 heavy (non-hydrogen) atoms. The second-order valence-electron chi connectivity index (χ2n) is 1.42. The summed E-state index contributed by atoms with van der Waals surface area (Å²) in [6.07, 6.45) is 6.93. The summed E-state index contributed by atoms with van der Waals surface area (Å²) in [5.74, 6) is 4.82. The molecule has 0 bridgehead atoms. The number of hydrogen-bond donors (Lipinski definition) is 0. The first-order valence-electron chi connectivity index (χ1n) is 2.72. The standard InChI is InChI=1S/C7H11S/c1-3-5-7-8-6-4-2/h1H,2,4-7H2. The summed E-state index contributed by atoms with van der Waals surface area (Å²) in [7, 11) is 0. The Morgan fingerprint density at radius 1 is 1.50 bits per heavy atom. The fourth-order valence-electron chi connectivity index (χ4n) is 0.335. The number of rotatable bonds is 4. The number of thioether (sulfide) groups is 1. The molecule has 0 aromatic carbocycles. The van der Waals surface area contributed by atoms with Gasteiger partial charge in [0.15, 0.2) is 0 Å². The van der Waals surface area contributed by atoms with Crippen molar-refractivity contribution in [3.8, 4) is 12.3 Å². The van der Waals surface area contributed by atoms with E-state index in [2.05, 4.69) is 12.8 Å². The van der Waals surface area contributed by atoms with Crippen LogP contribution in [0.5, 0.6) is 0 Å². The zero-order valence-corrected chi connectivity index (χ0v) is 5.84. The summed E-state index contributed by atoms with van der Waals surface area (Å²) in [4.78, 5) is 0. The fraction of sp³-hybridized carbons (Fsp3) is 0.571. The zero-order chi connectivity index (χ0) is 6.24. The number of hydrogen-bond acceptors (Lipinski definition) is 1. The van der Waals surface area contributed by atoms with Crippen LogP contribution in [0, 0.1) is 19.3 Å². The molecule has 0 saturated carbocycles. The van der Waals surface area contributed by atoms with E-state index in [0.29, 0.717) is 0 Å². The van der Waals surface area contributed by atoms with Crippen LogP contribution in [0.3, 0.4) is 0 Å². The van der Waals surface area contributed by atoms with Gasteiger partial charge in [0.2, 0.25) is 0 Å². The summed E-state index contributed by atoms with van der Waals surface area (Å²) in [6.45, 7) is 3.71. The Hall–Kier alpha value is -0.0900. The van der Waals surface area contributed by atoms with E-state index in [1.165, 1.54) is 0 Å². The number of terminal acetylenes is 1. The van der Waals surface area contributed by atoms with Gasteiger partial charge in [0.05, 0.1) is 0 Å². The van der Waals surface area contributed by atoms with E-state index < -0.39 is 0 Å². The van der Waals surface area contributed by atoms with Crippen molar-refractivity contribution in [1.82, 2.24) is 0 Å². The fourth-order valence-corrected chi connectivity index (χ4v) is 1.01. The second-order valence-corrected chi connectivity index (χ2v) is 2.64. The highest BCUT2D eigenvalue weighted by molar-refractivity contribution is 7.99. The molecule has 0 aromatic rings. The first-order valence-corrected chi connectivity index (χ1v) is 3.87. The Labute approximate surface area is 56.1 Å². The molecule has 0 saturated heterocycles. The van der Waals surface area contributed by atoms with E-state index in [4.69, 9.17) is 6.42 Å². The van der Waals surface area contributed by atoms with Crippen LogP contribution in [0.4, 0.5) is 0 Å². The molecule has 0 rings (SSSR count). The molecule has 0 aliphatic heterocycles. The Morgan fingerprint density at radius 2 is 2.25 bits per heavy atom. The van der Waals surface area contributed by atoms with Crippen LogP contribution in [-0.2, 0) is 0 Å². The highest BCUT2D eigenvalue weighted by Gasteiger charge is 1.81. The zero-order valence-electron chi connectivity index (χ0n) is 5.02. The van der Waals surface area contributed by atoms with Gasteiger partial charge >= 0.3 is 0 Å². The smallest absolute Gasteiger partial charge is 0.0177 e. The van der Waals surface area contributed by atoms with E-state index in [1.807, 2.05) is 11.8 Å². The molecule has 0 nitrogen and oxygen atoms in total. The van der Waals surface area contributed by atoms with E-state index in [9.17, 15) is 0 Å². The molecule has 0 spiro atoms. The molecule has 1 heteroatoms. The van der Waals surface area contributed by atoms with Crippen molar-refractivity contribution in [3.05, 3.63) is 6.92 Å². The van der Waals surface area contributed by atoms with E-state index in [0.717, 1.165) is 24.3 Å². The molecule has 0 aliphatic carbocycles. The van der Waals surface area contributed by atoms with Gasteiger partial charge in [0.1, 0.15) is 0 Å². The van der Waals surface area contributed by atoms with Crippen LogP contribution < -0.4 is 0 Å². The van der Waals surface area contributed by atoms with Crippen molar-refractivity contribution < 1.29 is 0 Å². The van der Waals surface area contributed by atoms with Crippen LogP contribution in [0.15, 0.2) is 0 Å². The molecule has 1 radical (unpaired) electrons. The van der Waals surface area contributed by atoms with Crippen LogP contribution in [0.1, 0.15) is 12.8 Å². The molecule has 0 aromatic heterocycles. The van der Waals surface area contributed by atoms with Gasteiger partial charge in [-0.3, -0.25) is 0 Å². The lowest BCUT2D eigenvalue weighted by Crippen LogP contribution is -1.78. The molecule has 0 amide bonds. The third kappa shape index (κ3) is 5.91. The highest BCUT2D eigenvalue weighted by Crippen LogP contribution is 2.01. The van der Waals surface area contributed by atoms with Gasteiger partial charge in [-0.2, -0.15) is 11.8 Å². The van der Waals surface area contributed by atoms with Crippen molar-refractivity contribution in [3.63, 3.8) is 0 Å². The lowest BCUT2D eigenvalue weighted by atomic mass is 10.5. The third-order valence-corrected chi connectivity index (χ3v) is 1.75. The maximum Gasteiger partial charge on any atom is 0.0177 e.